The van der Waals surface area contributed by atoms with Crippen molar-refractivity contribution < 1.29 is 9.84 Å². The fraction of sp³-hybridized carbons (Fsp3) is 0.143. The maximum atomic E-state index is 8.87. The van der Waals surface area contributed by atoms with Gasteiger partial charge in [-0.05, 0) is 46.9 Å². The van der Waals surface area contributed by atoms with Crippen LogP contribution in [0.3, 0.4) is 0 Å². The molecule has 1 rings (SSSR count). The van der Waals surface area contributed by atoms with E-state index in [2.05, 4.69) is 22.6 Å². The number of ether oxygens (including phenoxy) is 1. The summed E-state index contributed by atoms with van der Waals surface area (Å²) < 4.78 is 5.76. The second kappa shape index (κ2) is 3.65. The van der Waals surface area contributed by atoms with Crippen LogP contribution in [0, 0.1) is 0 Å². The fourth-order valence-electron chi connectivity index (χ4n) is 0.605. The normalized spacial score (nSPS) is 9.30. The highest BCUT2D eigenvalue weighted by atomic mass is 127. The smallest absolute Gasteiger partial charge is 0.139 e. The molecule has 0 radical (unpaired) electrons. The topological polar surface area (TPSA) is 29.5 Å². The Kier molecular flexibility index (Phi) is 2.80. The van der Waals surface area contributed by atoms with Gasteiger partial charge in [0.05, 0.1) is 0 Å². The van der Waals surface area contributed by atoms with Crippen LogP contribution in [0.25, 0.3) is 0 Å². The molecule has 0 aliphatic heterocycles. The largest absolute Gasteiger partial charge is 0.508 e. The molecule has 0 aromatic heterocycles. The standard InChI is InChI=1S/C7H7IO2/c8-5-10-7-3-1-6(9)2-4-7/h1-4,9H,5H2. The molecule has 1 aromatic rings. The SMILES string of the molecule is Oc1ccc(OCI)cc1. The summed E-state index contributed by atoms with van der Waals surface area (Å²) in [5.41, 5.74) is 0. The third kappa shape index (κ3) is 2.06. The molecule has 0 amide bonds. The predicted octanol–water partition coefficient (Wildman–Crippen LogP) is 2.16. The molecule has 0 fully saturated rings. The molecule has 54 valence electrons. The molecule has 0 unspecified atom stereocenters. The zero-order valence-corrected chi connectivity index (χ0v) is 7.41. The summed E-state index contributed by atoms with van der Waals surface area (Å²) in [5, 5.41) is 8.87. The van der Waals surface area contributed by atoms with Crippen molar-refractivity contribution in [3.05, 3.63) is 24.3 Å². The van der Waals surface area contributed by atoms with Gasteiger partial charge >= 0.3 is 0 Å². The molecule has 0 aliphatic rings. The van der Waals surface area contributed by atoms with Gasteiger partial charge in [-0.2, -0.15) is 0 Å². The fourth-order valence-corrected chi connectivity index (χ4v) is 0.965. The average Bonchev–Trinajstić information content (AvgIpc) is 1.95. The number of aromatic hydroxyl groups is 1. The van der Waals surface area contributed by atoms with Crippen LogP contribution in [0.1, 0.15) is 0 Å². The zero-order valence-electron chi connectivity index (χ0n) is 5.25. The van der Waals surface area contributed by atoms with E-state index in [1.54, 1.807) is 24.3 Å². The van der Waals surface area contributed by atoms with Crippen LogP contribution in [-0.4, -0.2) is 9.72 Å². The molecule has 0 heterocycles. The monoisotopic (exact) mass is 250 g/mol. The van der Waals surface area contributed by atoms with Gasteiger partial charge in [0, 0.05) is 0 Å². The van der Waals surface area contributed by atoms with E-state index in [-0.39, 0.29) is 5.75 Å². The van der Waals surface area contributed by atoms with E-state index in [4.69, 9.17) is 9.84 Å². The van der Waals surface area contributed by atoms with Gasteiger partial charge in [-0.15, -0.1) is 0 Å². The first kappa shape index (κ1) is 7.65. The van der Waals surface area contributed by atoms with E-state index in [0.29, 0.717) is 4.61 Å². The lowest BCUT2D eigenvalue weighted by atomic mass is 10.3. The van der Waals surface area contributed by atoms with Gasteiger partial charge in [-0.1, -0.05) is 0 Å². The third-order valence-electron chi connectivity index (χ3n) is 1.06. The number of rotatable bonds is 2. The van der Waals surface area contributed by atoms with Crippen LogP contribution in [0.15, 0.2) is 24.3 Å². The minimum Gasteiger partial charge on any atom is -0.508 e. The molecule has 10 heavy (non-hydrogen) atoms. The van der Waals surface area contributed by atoms with Crippen LogP contribution >= 0.6 is 22.6 Å². The Labute approximate surface area is 73.0 Å². The zero-order chi connectivity index (χ0) is 7.40. The van der Waals surface area contributed by atoms with Crippen molar-refractivity contribution in [3.63, 3.8) is 0 Å². The lowest BCUT2D eigenvalue weighted by Crippen LogP contribution is -1.86. The van der Waals surface area contributed by atoms with Crippen molar-refractivity contribution in [2.24, 2.45) is 0 Å². The van der Waals surface area contributed by atoms with Crippen LogP contribution in [0.5, 0.6) is 11.5 Å². The van der Waals surface area contributed by atoms with Gasteiger partial charge in [0.2, 0.25) is 0 Å². The lowest BCUT2D eigenvalue weighted by molar-refractivity contribution is 0.402. The summed E-state index contributed by atoms with van der Waals surface area (Å²) >= 11 is 2.11. The molecule has 0 aliphatic carbocycles. The highest BCUT2D eigenvalue weighted by Gasteiger charge is 1.89. The number of phenolic OH excluding ortho intramolecular Hbond substituents is 1. The molecular weight excluding hydrogens is 243 g/mol. The lowest BCUT2D eigenvalue weighted by Gasteiger charge is -1.99. The number of hydrogen-bond acceptors (Lipinski definition) is 2. The van der Waals surface area contributed by atoms with Gasteiger partial charge in [0.25, 0.3) is 0 Å². The number of alkyl halides is 1. The molecule has 2 nitrogen and oxygen atoms in total. The van der Waals surface area contributed by atoms with Crippen molar-refractivity contribution >= 4 is 22.6 Å². The Balaban J connectivity index is 2.69. The van der Waals surface area contributed by atoms with Crippen LogP contribution < -0.4 is 4.74 Å². The van der Waals surface area contributed by atoms with Crippen molar-refractivity contribution in [2.75, 3.05) is 4.61 Å². The third-order valence-corrected chi connectivity index (χ3v) is 1.37. The van der Waals surface area contributed by atoms with E-state index in [9.17, 15) is 0 Å². The second-order valence-corrected chi connectivity index (χ2v) is 2.37. The first-order chi connectivity index (χ1) is 4.83. The quantitative estimate of drug-likeness (QED) is 0.643. The summed E-state index contributed by atoms with van der Waals surface area (Å²) in [6.07, 6.45) is 0. The van der Waals surface area contributed by atoms with Gasteiger partial charge in [-0.3, -0.25) is 0 Å². The Morgan fingerprint density at radius 3 is 2.40 bits per heavy atom. The van der Waals surface area contributed by atoms with E-state index in [1.165, 1.54) is 0 Å². The highest BCUT2D eigenvalue weighted by Crippen LogP contribution is 2.15. The van der Waals surface area contributed by atoms with Crippen molar-refractivity contribution in [2.45, 2.75) is 0 Å². The van der Waals surface area contributed by atoms with Gasteiger partial charge in [0.15, 0.2) is 0 Å². The molecule has 0 saturated carbocycles. The predicted molar refractivity (Wildman–Crippen MR) is 47.6 cm³/mol. The molecule has 1 N–H and O–H groups in total. The maximum absolute atomic E-state index is 8.87. The molecule has 1 aromatic carbocycles. The first-order valence-corrected chi connectivity index (χ1v) is 4.33. The number of hydrogen-bond donors (Lipinski definition) is 1. The minimum absolute atomic E-state index is 0.265. The summed E-state index contributed by atoms with van der Waals surface area (Å²) in [6, 6.07) is 6.66. The first-order valence-electron chi connectivity index (χ1n) is 2.81. The number of halogens is 1. The van der Waals surface area contributed by atoms with E-state index in [0.717, 1.165) is 5.75 Å². The molecule has 0 bridgehead atoms. The van der Waals surface area contributed by atoms with Gasteiger partial charge < -0.3 is 9.84 Å². The van der Waals surface area contributed by atoms with Crippen molar-refractivity contribution in [3.8, 4) is 11.5 Å². The van der Waals surface area contributed by atoms with Crippen LogP contribution in [-0.2, 0) is 0 Å². The van der Waals surface area contributed by atoms with Gasteiger partial charge in [0.1, 0.15) is 16.1 Å². The average molecular weight is 250 g/mol. The molecule has 0 saturated heterocycles. The highest BCUT2D eigenvalue weighted by molar-refractivity contribution is 14.1. The summed E-state index contributed by atoms with van der Waals surface area (Å²) in [6.45, 7) is 0. The second-order valence-electron chi connectivity index (χ2n) is 1.75. The summed E-state index contributed by atoms with van der Waals surface area (Å²) in [4.78, 5) is 0. The summed E-state index contributed by atoms with van der Waals surface area (Å²) in [5.74, 6) is 1.05. The van der Waals surface area contributed by atoms with Crippen molar-refractivity contribution in [1.82, 2.24) is 0 Å². The summed E-state index contributed by atoms with van der Waals surface area (Å²) in [7, 11) is 0. The van der Waals surface area contributed by atoms with E-state index in [1.807, 2.05) is 0 Å². The number of phenols is 1. The minimum atomic E-state index is 0.265. The molecule has 0 atom stereocenters. The Morgan fingerprint density at radius 1 is 1.30 bits per heavy atom. The van der Waals surface area contributed by atoms with Crippen LogP contribution in [0.2, 0.25) is 0 Å². The van der Waals surface area contributed by atoms with Crippen LogP contribution in [0.4, 0.5) is 0 Å². The van der Waals surface area contributed by atoms with Gasteiger partial charge in [-0.25, -0.2) is 0 Å². The van der Waals surface area contributed by atoms with E-state index < -0.39 is 0 Å². The van der Waals surface area contributed by atoms with E-state index >= 15 is 0 Å². The van der Waals surface area contributed by atoms with Crippen molar-refractivity contribution in [1.29, 1.82) is 0 Å². The molecule has 0 spiro atoms. The Hall–Kier alpha value is -0.450. The number of benzene rings is 1. The Bertz CT molecular complexity index is 195. The maximum Gasteiger partial charge on any atom is 0.139 e. The molecular formula is C7H7IO2. The Morgan fingerprint density at radius 2 is 1.90 bits per heavy atom. The molecule has 3 heteroatoms.